The lowest BCUT2D eigenvalue weighted by atomic mass is 9.62. The molecule has 0 bridgehead atoms. The summed E-state index contributed by atoms with van der Waals surface area (Å²) in [5.74, 6) is -0.0918. The predicted molar refractivity (Wildman–Crippen MR) is 75.4 cm³/mol. The molecule has 1 N–H and O–H groups in total. The van der Waals surface area contributed by atoms with Gasteiger partial charge in [0.25, 0.3) is 0 Å². The normalized spacial score (nSPS) is 16.9. The average molecular weight is 283 g/mol. The van der Waals surface area contributed by atoms with Gasteiger partial charge in [-0.2, -0.15) is 0 Å². The molecule has 0 aromatic heterocycles. The Hall–Kier alpha value is -1.22. The van der Waals surface area contributed by atoms with Crippen molar-refractivity contribution in [2.45, 2.75) is 45.4 Å². The first-order valence-electron chi connectivity index (χ1n) is 6.44. The molecular weight excluding hydrogens is 264 g/mol. The maximum absolute atomic E-state index is 11.7. The lowest BCUT2D eigenvalue weighted by molar-refractivity contribution is -0.147. The van der Waals surface area contributed by atoms with Crippen molar-refractivity contribution in [2.24, 2.45) is 0 Å². The Morgan fingerprint density at radius 3 is 2.16 bits per heavy atom. The van der Waals surface area contributed by atoms with Crippen molar-refractivity contribution in [3.05, 3.63) is 27.3 Å². The van der Waals surface area contributed by atoms with Crippen LogP contribution in [0.25, 0.3) is 0 Å². The summed E-state index contributed by atoms with van der Waals surface area (Å²) in [5.41, 5.74) is 2.88. The molecule has 1 aromatic rings. The fourth-order valence-corrected chi connectivity index (χ4v) is 3.46. The molecule has 1 aromatic carbocycles. The molecule has 0 spiro atoms. The second-order valence-corrected chi connectivity index (χ2v) is 5.72. The second-order valence-electron chi connectivity index (χ2n) is 5.34. The quantitative estimate of drug-likeness (QED) is 0.918. The van der Waals surface area contributed by atoms with Crippen molar-refractivity contribution < 1.29 is 14.6 Å². The number of carbonyl (C=O) groups is 1. The number of hydrogen-bond donors (Lipinski definition) is 1. The number of benzene rings is 1. The Morgan fingerprint density at radius 2 is 1.79 bits per heavy atom. The van der Waals surface area contributed by atoms with Gasteiger partial charge in [0.05, 0.1) is 17.5 Å². The van der Waals surface area contributed by atoms with Gasteiger partial charge in [-0.3, -0.25) is 4.79 Å². The minimum Gasteiger partial charge on any atom is -0.495 e. The van der Waals surface area contributed by atoms with E-state index in [1.807, 2.05) is 20.8 Å². The van der Waals surface area contributed by atoms with Gasteiger partial charge in [-0.25, -0.2) is 0 Å². The van der Waals surface area contributed by atoms with Crippen LogP contribution in [0.15, 0.2) is 0 Å². The van der Waals surface area contributed by atoms with E-state index >= 15 is 0 Å². The lowest BCUT2D eigenvalue weighted by Gasteiger charge is -2.41. The molecule has 0 atom stereocenters. The van der Waals surface area contributed by atoms with Crippen LogP contribution in [0.4, 0.5) is 0 Å². The van der Waals surface area contributed by atoms with Crippen molar-refractivity contribution in [3.63, 3.8) is 0 Å². The summed E-state index contributed by atoms with van der Waals surface area (Å²) < 4.78 is 5.34. The Bertz CT molecular complexity index is 516. The molecule has 3 nitrogen and oxygen atoms in total. The number of halogens is 1. The molecule has 2 rings (SSSR count). The van der Waals surface area contributed by atoms with Crippen molar-refractivity contribution >= 4 is 17.6 Å². The Kier molecular flexibility index (Phi) is 3.52. The molecule has 0 radical (unpaired) electrons. The zero-order valence-electron chi connectivity index (χ0n) is 11.8. The first kappa shape index (κ1) is 14.2. The van der Waals surface area contributed by atoms with E-state index in [0.717, 1.165) is 28.7 Å². The summed E-state index contributed by atoms with van der Waals surface area (Å²) in [6.45, 7) is 5.77. The van der Waals surface area contributed by atoms with Crippen LogP contribution in [-0.4, -0.2) is 18.2 Å². The fourth-order valence-electron chi connectivity index (χ4n) is 3.15. The van der Waals surface area contributed by atoms with E-state index < -0.39 is 11.4 Å². The number of aliphatic carboxylic acids is 1. The van der Waals surface area contributed by atoms with Crippen molar-refractivity contribution in [1.29, 1.82) is 0 Å². The largest absolute Gasteiger partial charge is 0.495 e. The van der Waals surface area contributed by atoms with Crippen LogP contribution in [0.5, 0.6) is 5.75 Å². The molecule has 19 heavy (non-hydrogen) atoms. The van der Waals surface area contributed by atoms with Crippen LogP contribution in [0.3, 0.4) is 0 Å². The molecular formula is C15H19ClO3. The summed E-state index contributed by atoms with van der Waals surface area (Å²) >= 11 is 6.35. The molecule has 0 amide bonds. The minimum absolute atomic E-state index is 0.535. The number of hydrogen-bond acceptors (Lipinski definition) is 2. The van der Waals surface area contributed by atoms with E-state index in [1.165, 1.54) is 0 Å². The SMILES string of the molecule is COc1c(C)c(C)c(C2(C(=O)O)CCC2)c(C)c1Cl. The molecule has 0 unspecified atom stereocenters. The highest BCUT2D eigenvalue weighted by Crippen LogP contribution is 2.50. The first-order chi connectivity index (χ1) is 8.86. The standard InChI is InChI=1S/C15H19ClO3/c1-8-9(2)13(19-4)12(16)10(3)11(8)15(14(17)18)6-5-7-15/h5-7H2,1-4H3,(H,17,18). The zero-order chi connectivity index (χ0) is 14.4. The topological polar surface area (TPSA) is 46.5 Å². The highest BCUT2D eigenvalue weighted by molar-refractivity contribution is 6.33. The van der Waals surface area contributed by atoms with Crippen LogP contribution in [0.2, 0.25) is 5.02 Å². The Morgan fingerprint density at radius 1 is 1.21 bits per heavy atom. The minimum atomic E-state index is -0.755. The van der Waals surface area contributed by atoms with Crippen molar-refractivity contribution in [1.82, 2.24) is 0 Å². The summed E-state index contributed by atoms with van der Waals surface area (Å²) in [4.78, 5) is 11.7. The third-order valence-electron chi connectivity index (χ3n) is 4.48. The number of carboxylic acid groups (broad SMARTS) is 1. The molecule has 0 heterocycles. The van der Waals surface area contributed by atoms with Crippen LogP contribution in [0.1, 0.15) is 41.5 Å². The van der Waals surface area contributed by atoms with Crippen molar-refractivity contribution in [2.75, 3.05) is 7.11 Å². The summed E-state index contributed by atoms with van der Waals surface area (Å²) in [7, 11) is 1.59. The van der Waals surface area contributed by atoms with Crippen LogP contribution >= 0.6 is 11.6 Å². The van der Waals surface area contributed by atoms with Crippen LogP contribution in [-0.2, 0) is 10.2 Å². The third-order valence-corrected chi connectivity index (χ3v) is 4.94. The van der Waals surface area contributed by atoms with Gasteiger partial charge < -0.3 is 9.84 Å². The number of methoxy groups -OCH3 is 1. The van der Waals surface area contributed by atoms with E-state index in [1.54, 1.807) is 7.11 Å². The summed E-state index contributed by atoms with van der Waals surface area (Å²) in [5, 5.41) is 10.2. The maximum Gasteiger partial charge on any atom is 0.314 e. The van der Waals surface area contributed by atoms with E-state index in [4.69, 9.17) is 16.3 Å². The van der Waals surface area contributed by atoms with Gasteiger partial charge in [0.1, 0.15) is 5.75 Å². The van der Waals surface area contributed by atoms with Gasteiger partial charge in [-0.1, -0.05) is 18.0 Å². The van der Waals surface area contributed by atoms with E-state index in [0.29, 0.717) is 23.6 Å². The van der Waals surface area contributed by atoms with Gasteiger partial charge in [-0.05, 0) is 55.9 Å². The molecule has 104 valence electrons. The predicted octanol–water partition coefficient (Wildman–Crippen LogP) is 3.78. The Balaban J connectivity index is 2.75. The molecule has 1 aliphatic carbocycles. The fraction of sp³-hybridized carbons (Fsp3) is 0.533. The summed E-state index contributed by atoms with van der Waals surface area (Å²) in [6, 6.07) is 0. The summed E-state index contributed by atoms with van der Waals surface area (Å²) in [6.07, 6.45) is 2.33. The molecule has 4 heteroatoms. The second kappa shape index (κ2) is 4.71. The van der Waals surface area contributed by atoms with Crippen LogP contribution < -0.4 is 4.74 Å². The van der Waals surface area contributed by atoms with Gasteiger partial charge in [0.2, 0.25) is 0 Å². The average Bonchev–Trinajstić information content (AvgIpc) is 2.30. The monoisotopic (exact) mass is 282 g/mol. The number of ether oxygens (including phenoxy) is 1. The molecule has 1 fully saturated rings. The highest BCUT2D eigenvalue weighted by atomic mass is 35.5. The van der Waals surface area contributed by atoms with E-state index in [-0.39, 0.29) is 0 Å². The van der Waals surface area contributed by atoms with E-state index in [2.05, 4.69) is 0 Å². The van der Waals surface area contributed by atoms with Crippen molar-refractivity contribution in [3.8, 4) is 5.75 Å². The maximum atomic E-state index is 11.7. The first-order valence-corrected chi connectivity index (χ1v) is 6.81. The molecule has 1 aliphatic rings. The van der Waals surface area contributed by atoms with Gasteiger partial charge >= 0.3 is 5.97 Å². The molecule has 0 aliphatic heterocycles. The number of carboxylic acids is 1. The number of rotatable bonds is 3. The third kappa shape index (κ3) is 1.83. The zero-order valence-corrected chi connectivity index (χ0v) is 12.5. The van der Waals surface area contributed by atoms with E-state index in [9.17, 15) is 9.90 Å². The van der Waals surface area contributed by atoms with Gasteiger partial charge in [0.15, 0.2) is 0 Å². The van der Waals surface area contributed by atoms with Gasteiger partial charge in [0, 0.05) is 0 Å². The highest BCUT2D eigenvalue weighted by Gasteiger charge is 2.48. The molecule has 1 saturated carbocycles. The molecule has 0 saturated heterocycles. The Labute approximate surface area is 118 Å². The van der Waals surface area contributed by atoms with Crippen LogP contribution in [0, 0.1) is 20.8 Å². The lowest BCUT2D eigenvalue weighted by Crippen LogP contribution is -2.43. The van der Waals surface area contributed by atoms with Gasteiger partial charge in [-0.15, -0.1) is 0 Å². The smallest absolute Gasteiger partial charge is 0.314 e.